The maximum Gasteiger partial charge on any atom is 0.261 e. The molecule has 0 aliphatic carbocycles. The maximum absolute atomic E-state index is 13.6. The number of carbonyl (C=O) groups is 2. The van der Waals surface area contributed by atoms with Crippen LogP contribution < -0.4 is 10.1 Å². The van der Waals surface area contributed by atoms with Crippen LogP contribution in [0.25, 0.3) is 0 Å². The van der Waals surface area contributed by atoms with Crippen LogP contribution in [0.4, 0.5) is 0 Å². The van der Waals surface area contributed by atoms with Crippen LogP contribution in [-0.4, -0.2) is 35.9 Å². The van der Waals surface area contributed by atoms with Gasteiger partial charge in [-0.3, -0.25) is 9.59 Å². The van der Waals surface area contributed by atoms with E-state index in [2.05, 4.69) is 19.2 Å². The maximum atomic E-state index is 13.6. The quantitative estimate of drug-likeness (QED) is 0.423. The number of benzene rings is 3. The SMILES string of the molecule is Cc1ccc(CN(C(=O)COc2cccc(C)c2)[C@@H](Cc2ccccc2)C(=O)NCC(C)C)cc1. The Bertz CT molecular complexity index is 1090. The van der Waals surface area contributed by atoms with Crippen molar-refractivity contribution in [1.82, 2.24) is 10.2 Å². The van der Waals surface area contributed by atoms with Gasteiger partial charge >= 0.3 is 0 Å². The lowest BCUT2D eigenvalue weighted by molar-refractivity contribution is -0.142. The second kappa shape index (κ2) is 12.7. The highest BCUT2D eigenvalue weighted by atomic mass is 16.5. The molecule has 0 saturated carbocycles. The predicted octanol–water partition coefficient (Wildman–Crippen LogP) is 5.09. The molecule has 35 heavy (non-hydrogen) atoms. The molecule has 0 bridgehead atoms. The molecule has 0 aliphatic heterocycles. The first-order valence-corrected chi connectivity index (χ1v) is 12.2. The lowest BCUT2D eigenvalue weighted by atomic mass is 10.0. The fraction of sp³-hybridized carbons (Fsp3) is 0.333. The number of nitrogens with zero attached hydrogens (tertiary/aromatic N) is 1. The van der Waals surface area contributed by atoms with Gasteiger partial charge in [0, 0.05) is 19.5 Å². The summed E-state index contributed by atoms with van der Waals surface area (Å²) in [5, 5.41) is 3.04. The summed E-state index contributed by atoms with van der Waals surface area (Å²) in [7, 11) is 0. The van der Waals surface area contributed by atoms with Gasteiger partial charge in [0.2, 0.25) is 5.91 Å². The molecule has 0 radical (unpaired) electrons. The monoisotopic (exact) mass is 472 g/mol. The third kappa shape index (κ3) is 8.29. The van der Waals surface area contributed by atoms with E-state index in [0.717, 1.165) is 22.3 Å². The number of hydrogen-bond donors (Lipinski definition) is 1. The third-order valence-electron chi connectivity index (χ3n) is 5.78. The Morgan fingerprint density at radius 1 is 0.857 bits per heavy atom. The molecule has 0 unspecified atom stereocenters. The van der Waals surface area contributed by atoms with Gasteiger partial charge in [0.25, 0.3) is 5.91 Å². The highest BCUT2D eigenvalue weighted by Crippen LogP contribution is 2.17. The average Bonchev–Trinajstić information content (AvgIpc) is 2.85. The summed E-state index contributed by atoms with van der Waals surface area (Å²) in [5.41, 5.74) is 4.17. The van der Waals surface area contributed by atoms with Crippen molar-refractivity contribution in [1.29, 1.82) is 0 Å². The van der Waals surface area contributed by atoms with Crippen molar-refractivity contribution in [3.8, 4) is 5.75 Å². The Morgan fingerprint density at radius 2 is 1.57 bits per heavy atom. The third-order valence-corrected chi connectivity index (χ3v) is 5.78. The second-order valence-electron chi connectivity index (χ2n) is 9.46. The number of amides is 2. The topological polar surface area (TPSA) is 58.6 Å². The second-order valence-corrected chi connectivity index (χ2v) is 9.46. The highest BCUT2D eigenvalue weighted by molar-refractivity contribution is 5.88. The summed E-state index contributed by atoms with van der Waals surface area (Å²) in [6.45, 7) is 8.85. The molecule has 0 aliphatic rings. The summed E-state index contributed by atoms with van der Waals surface area (Å²) < 4.78 is 5.84. The van der Waals surface area contributed by atoms with E-state index < -0.39 is 6.04 Å². The van der Waals surface area contributed by atoms with E-state index in [0.29, 0.717) is 31.2 Å². The van der Waals surface area contributed by atoms with Crippen LogP contribution in [0.15, 0.2) is 78.9 Å². The molecule has 2 amide bonds. The molecule has 0 saturated heterocycles. The zero-order valence-electron chi connectivity index (χ0n) is 21.2. The van der Waals surface area contributed by atoms with Gasteiger partial charge in [-0.15, -0.1) is 0 Å². The zero-order valence-corrected chi connectivity index (χ0v) is 21.2. The van der Waals surface area contributed by atoms with E-state index in [1.165, 1.54) is 0 Å². The summed E-state index contributed by atoms with van der Waals surface area (Å²) in [5.74, 6) is 0.561. The van der Waals surface area contributed by atoms with Gasteiger partial charge in [-0.25, -0.2) is 0 Å². The predicted molar refractivity (Wildman–Crippen MR) is 140 cm³/mol. The fourth-order valence-corrected chi connectivity index (χ4v) is 3.80. The van der Waals surface area contributed by atoms with Gasteiger partial charge in [0.1, 0.15) is 11.8 Å². The summed E-state index contributed by atoms with van der Waals surface area (Å²) >= 11 is 0. The molecule has 1 N–H and O–H groups in total. The smallest absolute Gasteiger partial charge is 0.261 e. The van der Waals surface area contributed by atoms with Crippen LogP contribution >= 0.6 is 0 Å². The van der Waals surface area contributed by atoms with Crippen LogP contribution in [0.3, 0.4) is 0 Å². The van der Waals surface area contributed by atoms with E-state index in [1.54, 1.807) is 4.90 Å². The number of hydrogen-bond acceptors (Lipinski definition) is 3. The Kier molecular flexibility index (Phi) is 9.47. The first-order valence-electron chi connectivity index (χ1n) is 12.2. The van der Waals surface area contributed by atoms with Crippen LogP contribution in [0.2, 0.25) is 0 Å². The van der Waals surface area contributed by atoms with Gasteiger partial charge in [-0.05, 0) is 48.6 Å². The van der Waals surface area contributed by atoms with E-state index >= 15 is 0 Å². The Hall–Kier alpha value is -3.60. The summed E-state index contributed by atoms with van der Waals surface area (Å²) in [6, 6.07) is 24.8. The summed E-state index contributed by atoms with van der Waals surface area (Å²) in [6.07, 6.45) is 0.423. The largest absolute Gasteiger partial charge is 0.484 e. The Labute approximate surface area is 209 Å². The van der Waals surface area contributed by atoms with Crippen molar-refractivity contribution in [2.75, 3.05) is 13.2 Å². The van der Waals surface area contributed by atoms with Crippen molar-refractivity contribution < 1.29 is 14.3 Å². The molecule has 3 aromatic rings. The number of carbonyl (C=O) groups excluding carboxylic acids is 2. The molecular weight excluding hydrogens is 436 g/mol. The Morgan fingerprint density at radius 3 is 2.23 bits per heavy atom. The zero-order chi connectivity index (χ0) is 25.2. The Balaban J connectivity index is 1.89. The first kappa shape index (κ1) is 26.0. The minimum absolute atomic E-state index is 0.141. The van der Waals surface area contributed by atoms with Crippen LogP contribution in [0.1, 0.15) is 36.1 Å². The fourth-order valence-electron chi connectivity index (χ4n) is 3.80. The van der Waals surface area contributed by atoms with E-state index in [1.807, 2.05) is 92.7 Å². The van der Waals surface area contributed by atoms with Gasteiger partial charge in [0.15, 0.2) is 6.61 Å². The molecule has 0 aromatic heterocycles. The minimum atomic E-state index is -0.661. The highest BCUT2D eigenvalue weighted by Gasteiger charge is 2.30. The molecule has 3 rings (SSSR count). The minimum Gasteiger partial charge on any atom is -0.484 e. The first-order chi connectivity index (χ1) is 16.8. The molecule has 5 heteroatoms. The van der Waals surface area contributed by atoms with Crippen LogP contribution in [0, 0.1) is 19.8 Å². The molecule has 0 fully saturated rings. The number of aryl methyl sites for hydroxylation is 2. The molecular formula is C30H36N2O3. The standard InChI is InChI=1S/C30H36N2O3/c1-22(2)19-31-30(34)28(18-25-10-6-5-7-11-25)32(20-26-15-13-23(3)14-16-26)29(33)21-35-27-12-8-9-24(4)17-27/h5-17,22,28H,18-21H2,1-4H3,(H,31,34)/t28-/m0/s1. The van der Waals surface area contributed by atoms with E-state index in [4.69, 9.17) is 4.74 Å². The lowest BCUT2D eigenvalue weighted by Gasteiger charge is -2.31. The van der Waals surface area contributed by atoms with E-state index in [9.17, 15) is 9.59 Å². The molecule has 0 heterocycles. The van der Waals surface area contributed by atoms with Gasteiger partial charge in [-0.1, -0.05) is 86.1 Å². The van der Waals surface area contributed by atoms with Crippen molar-refractivity contribution >= 4 is 11.8 Å². The molecule has 3 aromatic carbocycles. The normalized spacial score (nSPS) is 11.7. The van der Waals surface area contributed by atoms with Gasteiger partial charge < -0.3 is 15.0 Å². The van der Waals surface area contributed by atoms with Crippen molar-refractivity contribution in [3.63, 3.8) is 0 Å². The number of nitrogens with one attached hydrogen (secondary N) is 1. The molecule has 5 nitrogen and oxygen atoms in total. The molecule has 0 spiro atoms. The van der Waals surface area contributed by atoms with Crippen molar-refractivity contribution in [2.45, 2.75) is 46.7 Å². The van der Waals surface area contributed by atoms with Crippen molar-refractivity contribution in [3.05, 3.63) is 101 Å². The lowest BCUT2D eigenvalue weighted by Crippen LogP contribution is -2.52. The number of rotatable bonds is 11. The van der Waals surface area contributed by atoms with Gasteiger partial charge in [-0.2, -0.15) is 0 Å². The molecule has 1 atom stereocenters. The van der Waals surface area contributed by atoms with Crippen LogP contribution in [-0.2, 0) is 22.6 Å². The van der Waals surface area contributed by atoms with Crippen LogP contribution in [0.5, 0.6) is 5.75 Å². The summed E-state index contributed by atoms with van der Waals surface area (Å²) in [4.78, 5) is 28.6. The molecule has 184 valence electrons. The van der Waals surface area contributed by atoms with E-state index in [-0.39, 0.29) is 18.4 Å². The number of ether oxygens (including phenoxy) is 1. The van der Waals surface area contributed by atoms with Crippen molar-refractivity contribution in [2.24, 2.45) is 5.92 Å². The average molecular weight is 473 g/mol. The van der Waals surface area contributed by atoms with Gasteiger partial charge in [0.05, 0.1) is 0 Å².